The van der Waals surface area contributed by atoms with Gasteiger partial charge in [-0.1, -0.05) is 6.07 Å². The van der Waals surface area contributed by atoms with Crippen LogP contribution in [0.5, 0.6) is 11.5 Å². The molecular weight excluding hydrogens is 256 g/mol. The van der Waals surface area contributed by atoms with Crippen molar-refractivity contribution in [3.05, 3.63) is 23.8 Å². The summed E-state index contributed by atoms with van der Waals surface area (Å²) in [6.45, 7) is 3.88. The zero-order valence-electron chi connectivity index (χ0n) is 13.1. The third kappa shape index (κ3) is 3.87. The molecule has 0 aromatic heterocycles. The smallest absolute Gasteiger partial charge is 0.238 e. The molecule has 0 saturated carbocycles. The number of amides is 1. The van der Waals surface area contributed by atoms with Gasteiger partial charge in [-0.15, -0.1) is 0 Å². The minimum absolute atomic E-state index is 0.0358. The molecule has 1 aromatic carbocycles. The van der Waals surface area contributed by atoms with Crippen molar-refractivity contribution in [3.63, 3.8) is 0 Å². The van der Waals surface area contributed by atoms with Gasteiger partial charge in [0.25, 0.3) is 0 Å². The lowest BCUT2D eigenvalue weighted by Crippen LogP contribution is -2.42. The van der Waals surface area contributed by atoms with Gasteiger partial charge in [0, 0.05) is 20.1 Å². The summed E-state index contributed by atoms with van der Waals surface area (Å²) in [4.78, 5) is 13.4. The Bertz CT molecular complexity index is 460. The lowest BCUT2D eigenvalue weighted by Gasteiger charge is -2.23. The van der Waals surface area contributed by atoms with E-state index in [1.54, 1.807) is 33.2 Å². The van der Waals surface area contributed by atoms with Crippen molar-refractivity contribution in [3.8, 4) is 11.5 Å². The Morgan fingerprint density at radius 1 is 1.15 bits per heavy atom. The van der Waals surface area contributed by atoms with Gasteiger partial charge in [0.1, 0.15) is 0 Å². The standard InChI is InChI=1S/C15H24N2O3/c1-10(16-11(2)15(18)17(3)4)12-7-8-13(19-5)14(9-12)20-6/h7-11,16H,1-6H3. The van der Waals surface area contributed by atoms with Crippen molar-refractivity contribution >= 4 is 5.91 Å². The highest BCUT2D eigenvalue weighted by molar-refractivity contribution is 5.80. The van der Waals surface area contributed by atoms with Crippen LogP contribution in [0.4, 0.5) is 0 Å². The van der Waals surface area contributed by atoms with Crippen molar-refractivity contribution in [1.82, 2.24) is 10.2 Å². The Kier molecular flexibility index (Phi) is 5.82. The van der Waals surface area contributed by atoms with Crippen molar-refractivity contribution < 1.29 is 14.3 Å². The highest BCUT2D eigenvalue weighted by atomic mass is 16.5. The van der Waals surface area contributed by atoms with Gasteiger partial charge < -0.3 is 14.4 Å². The van der Waals surface area contributed by atoms with Crippen molar-refractivity contribution in [1.29, 1.82) is 0 Å². The number of carbonyl (C=O) groups excluding carboxylic acids is 1. The molecule has 2 unspecified atom stereocenters. The number of ether oxygens (including phenoxy) is 2. The largest absolute Gasteiger partial charge is 0.493 e. The Morgan fingerprint density at radius 3 is 2.25 bits per heavy atom. The average molecular weight is 280 g/mol. The molecule has 1 N–H and O–H groups in total. The number of nitrogens with zero attached hydrogens (tertiary/aromatic N) is 1. The normalized spacial score (nSPS) is 13.5. The molecule has 0 aliphatic heterocycles. The van der Waals surface area contributed by atoms with Gasteiger partial charge in [-0.25, -0.2) is 0 Å². The van der Waals surface area contributed by atoms with E-state index in [1.807, 2.05) is 32.0 Å². The zero-order valence-corrected chi connectivity index (χ0v) is 13.1. The molecule has 20 heavy (non-hydrogen) atoms. The summed E-state index contributed by atoms with van der Waals surface area (Å²) in [5, 5.41) is 3.28. The number of hydrogen-bond donors (Lipinski definition) is 1. The Morgan fingerprint density at radius 2 is 1.75 bits per heavy atom. The molecule has 2 atom stereocenters. The lowest BCUT2D eigenvalue weighted by atomic mass is 10.1. The summed E-state index contributed by atoms with van der Waals surface area (Å²) in [6, 6.07) is 5.54. The lowest BCUT2D eigenvalue weighted by molar-refractivity contribution is -0.130. The highest BCUT2D eigenvalue weighted by Gasteiger charge is 2.18. The van der Waals surface area contributed by atoms with Crippen LogP contribution in [0.15, 0.2) is 18.2 Å². The maximum absolute atomic E-state index is 11.9. The van der Waals surface area contributed by atoms with Crippen LogP contribution in [0.25, 0.3) is 0 Å². The minimum Gasteiger partial charge on any atom is -0.493 e. The average Bonchev–Trinajstić information content (AvgIpc) is 2.45. The second-order valence-corrected chi connectivity index (χ2v) is 4.96. The number of likely N-dealkylation sites (N-methyl/N-ethyl adjacent to an activating group) is 1. The quantitative estimate of drug-likeness (QED) is 0.864. The molecule has 112 valence electrons. The second kappa shape index (κ2) is 7.14. The first-order valence-electron chi connectivity index (χ1n) is 6.59. The number of hydrogen-bond acceptors (Lipinski definition) is 4. The van der Waals surface area contributed by atoms with Gasteiger partial charge in [0.05, 0.1) is 20.3 Å². The predicted molar refractivity (Wildman–Crippen MR) is 79.3 cm³/mol. The fourth-order valence-electron chi connectivity index (χ4n) is 2.05. The molecule has 1 rings (SSSR count). The Labute approximate surface area is 120 Å². The number of nitrogens with one attached hydrogen (secondary N) is 1. The Balaban J connectivity index is 2.82. The van der Waals surface area contributed by atoms with Crippen LogP contribution in [-0.4, -0.2) is 45.2 Å². The summed E-state index contributed by atoms with van der Waals surface area (Å²) < 4.78 is 10.5. The highest BCUT2D eigenvalue weighted by Crippen LogP contribution is 2.29. The SMILES string of the molecule is COc1ccc(C(C)NC(C)C(=O)N(C)C)cc1OC. The van der Waals surface area contributed by atoms with E-state index in [1.165, 1.54) is 0 Å². The maximum Gasteiger partial charge on any atom is 0.238 e. The van der Waals surface area contributed by atoms with E-state index in [-0.39, 0.29) is 18.0 Å². The first-order valence-corrected chi connectivity index (χ1v) is 6.59. The second-order valence-electron chi connectivity index (χ2n) is 4.96. The summed E-state index contributed by atoms with van der Waals surface area (Å²) in [5.74, 6) is 1.43. The molecule has 5 nitrogen and oxygen atoms in total. The van der Waals surface area contributed by atoms with Gasteiger partial charge >= 0.3 is 0 Å². The molecule has 0 heterocycles. The number of benzene rings is 1. The molecule has 0 radical (unpaired) electrons. The van der Waals surface area contributed by atoms with Crippen LogP contribution < -0.4 is 14.8 Å². The van der Waals surface area contributed by atoms with E-state index >= 15 is 0 Å². The van der Waals surface area contributed by atoms with E-state index < -0.39 is 0 Å². The number of carbonyl (C=O) groups is 1. The summed E-state index contributed by atoms with van der Waals surface area (Å²) in [5.41, 5.74) is 1.04. The first-order chi connectivity index (χ1) is 9.40. The molecule has 0 spiro atoms. The summed E-state index contributed by atoms with van der Waals surface area (Å²) in [7, 11) is 6.72. The monoisotopic (exact) mass is 280 g/mol. The topological polar surface area (TPSA) is 50.8 Å². The zero-order chi connectivity index (χ0) is 15.3. The van der Waals surface area contributed by atoms with Crippen molar-refractivity contribution in [2.75, 3.05) is 28.3 Å². The van der Waals surface area contributed by atoms with E-state index in [9.17, 15) is 4.79 Å². The fraction of sp³-hybridized carbons (Fsp3) is 0.533. The van der Waals surface area contributed by atoms with E-state index in [0.717, 1.165) is 5.56 Å². The van der Waals surface area contributed by atoms with E-state index in [4.69, 9.17) is 9.47 Å². The third-order valence-corrected chi connectivity index (χ3v) is 3.22. The first kappa shape index (κ1) is 16.3. The molecule has 1 aromatic rings. The van der Waals surface area contributed by atoms with Gasteiger partial charge in [-0.2, -0.15) is 0 Å². The predicted octanol–water partition coefficient (Wildman–Crippen LogP) is 1.83. The summed E-state index contributed by atoms with van der Waals surface area (Å²) in [6.07, 6.45) is 0. The third-order valence-electron chi connectivity index (χ3n) is 3.22. The van der Waals surface area contributed by atoms with Crippen LogP contribution in [0.1, 0.15) is 25.5 Å². The molecule has 5 heteroatoms. The number of methoxy groups -OCH3 is 2. The van der Waals surface area contributed by atoms with Crippen LogP contribution in [0.2, 0.25) is 0 Å². The van der Waals surface area contributed by atoms with Crippen LogP contribution >= 0.6 is 0 Å². The minimum atomic E-state index is -0.243. The maximum atomic E-state index is 11.9. The van der Waals surface area contributed by atoms with E-state index in [0.29, 0.717) is 11.5 Å². The molecule has 0 aliphatic rings. The number of rotatable bonds is 6. The molecule has 0 saturated heterocycles. The van der Waals surface area contributed by atoms with Gasteiger partial charge in [-0.3, -0.25) is 10.1 Å². The van der Waals surface area contributed by atoms with Gasteiger partial charge in [-0.05, 0) is 31.5 Å². The van der Waals surface area contributed by atoms with Crippen molar-refractivity contribution in [2.45, 2.75) is 25.9 Å². The molecule has 1 amide bonds. The summed E-state index contributed by atoms with van der Waals surface area (Å²) >= 11 is 0. The molecule has 0 aliphatic carbocycles. The van der Waals surface area contributed by atoms with Crippen LogP contribution in [0.3, 0.4) is 0 Å². The molecule has 0 fully saturated rings. The van der Waals surface area contributed by atoms with Gasteiger partial charge in [0.15, 0.2) is 11.5 Å². The van der Waals surface area contributed by atoms with Crippen LogP contribution in [-0.2, 0) is 4.79 Å². The van der Waals surface area contributed by atoms with E-state index in [2.05, 4.69) is 5.32 Å². The Hall–Kier alpha value is -1.75. The van der Waals surface area contributed by atoms with Crippen LogP contribution in [0, 0.1) is 0 Å². The molecular formula is C15H24N2O3. The molecule has 0 bridgehead atoms. The van der Waals surface area contributed by atoms with Gasteiger partial charge in [0.2, 0.25) is 5.91 Å². The van der Waals surface area contributed by atoms with Crippen molar-refractivity contribution in [2.24, 2.45) is 0 Å². The fourth-order valence-corrected chi connectivity index (χ4v) is 2.05.